The molecule has 5 heteroatoms. The zero-order valence-corrected chi connectivity index (χ0v) is 15.7. The summed E-state index contributed by atoms with van der Waals surface area (Å²) in [5.41, 5.74) is 5.88. The molecular weight excluding hydrogens is 324 g/mol. The second-order valence-electron chi connectivity index (χ2n) is 7.49. The van der Waals surface area contributed by atoms with E-state index in [1.807, 2.05) is 30.1 Å². The van der Waals surface area contributed by atoms with Crippen LogP contribution in [0.5, 0.6) is 0 Å². The monoisotopic (exact) mass is 350 g/mol. The molecule has 0 aliphatic carbocycles. The molecule has 1 fully saturated rings. The average molecular weight is 350 g/mol. The van der Waals surface area contributed by atoms with E-state index >= 15 is 0 Å². The van der Waals surface area contributed by atoms with E-state index in [0.29, 0.717) is 0 Å². The van der Waals surface area contributed by atoms with Crippen molar-refractivity contribution < 1.29 is 5.11 Å². The first-order chi connectivity index (χ1) is 12.5. The molecule has 0 spiro atoms. The van der Waals surface area contributed by atoms with Gasteiger partial charge in [-0.25, -0.2) is 0 Å². The number of pyridine rings is 1. The Kier molecular flexibility index (Phi) is 4.51. The summed E-state index contributed by atoms with van der Waals surface area (Å²) in [7, 11) is 1.99. The molecule has 26 heavy (non-hydrogen) atoms. The third-order valence-corrected chi connectivity index (χ3v) is 5.74. The van der Waals surface area contributed by atoms with Gasteiger partial charge in [0.25, 0.3) is 0 Å². The van der Waals surface area contributed by atoms with Crippen molar-refractivity contribution in [3.63, 3.8) is 0 Å². The number of hydrogen-bond donors (Lipinski definition) is 1. The number of nitrogens with zero attached hydrogens (tertiary/aromatic N) is 4. The van der Waals surface area contributed by atoms with Crippen LogP contribution in [0.25, 0.3) is 10.9 Å². The van der Waals surface area contributed by atoms with Gasteiger partial charge in [-0.1, -0.05) is 18.2 Å². The lowest BCUT2D eigenvalue weighted by Crippen LogP contribution is -2.22. The quantitative estimate of drug-likeness (QED) is 0.786. The lowest BCUT2D eigenvalue weighted by molar-refractivity contribution is 0.141. The molecule has 2 aromatic heterocycles. The van der Waals surface area contributed by atoms with E-state index in [1.54, 1.807) is 0 Å². The molecule has 5 nitrogen and oxygen atoms in total. The third-order valence-electron chi connectivity index (χ3n) is 5.74. The molecule has 2 atom stereocenters. The molecule has 3 aromatic rings. The minimum atomic E-state index is -0.292. The van der Waals surface area contributed by atoms with Gasteiger partial charge in [-0.05, 0) is 38.0 Å². The van der Waals surface area contributed by atoms with Crippen LogP contribution in [-0.2, 0) is 20.0 Å². The maximum Gasteiger partial charge on any atom is 0.0710 e. The zero-order valence-electron chi connectivity index (χ0n) is 15.7. The molecule has 3 heterocycles. The highest BCUT2D eigenvalue weighted by atomic mass is 16.3. The number of β-amino-alcohol motifs (C(OH)–C–C–N with tert-alkyl or cyclic N) is 1. The Hall–Kier alpha value is -2.24. The van der Waals surface area contributed by atoms with Crippen molar-refractivity contribution >= 4 is 10.9 Å². The molecule has 1 aliphatic heterocycles. The largest absolute Gasteiger partial charge is 0.391 e. The summed E-state index contributed by atoms with van der Waals surface area (Å²) in [6.07, 6.45) is 2.46. The van der Waals surface area contributed by atoms with E-state index in [-0.39, 0.29) is 12.0 Å². The van der Waals surface area contributed by atoms with Gasteiger partial charge in [0, 0.05) is 55.4 Å². The Morgan fingerprint density at radius 1 is 1.15 bits per heavy atom. The normalized spacial score (nSPS) is 20.9. The summed E-state index contributed by atoms with van der Waals surface area (Å²) in [5.74, 6) is 0.248. The number of benzene rings is 1. The molecule has 1 N–H and O–H groups in total. The maximum absolute atomic E-state index is 10.6. The number of likely N-dealkylation sites (tertiary alicyclic amines) is 1. The fourth-order valence-corrected chi connectivity index (χ4v) is 4.16. The summed E-state index contributed by atoms with van der Waals surface area (Å²) in [6.45, 7) is 6.67. The predicted molar refractivity (Wildman–Crippen MR) is 103 cm³/mol. The molecule has 1 saturated heterocycles. The van der Waals surface area contributed by atoms with E-state index in [9.17, 15) is 5.11 Å². The Balaban J connectivity index is 1.50. The van der Waals surface area contributed by atoms with Crippen molar-refractivity contribution in [3.8, 4) is 0 Å². The topological polar surface area (TPSA) is 54.2 Å². The Bertz CT molecular complexity index is 928. The van der Waals surface area contributed by atoms with E-state index in [1.165, 1.54) is 22.2 Å². The van der Waals surface area contributed by atoms with Crippen LogP contribution in [0, 0.1) is 19.8 Å². The van der Waals surface area contributed by atoms with Crippen molar-refractivity contribution in [1.82, 2.24) is 19.7 Å². The number of para-hydroxylation sites is 1. The Morgan fingerprint density at radius 2 is 1.96 bits per heavy atom. The van der Waals surface area contributed by atoms with Gasteiger partial charge in [-0.15, -0.1) is 0 Å². The number of hydrogen-bond acceptors (Lipinski definition) is 4. The van der Waals surface area contributed by atoms with Crippen LogP contribution in [-0.4, -0.2) is 44.0 Å². The van der Waals surface area contributed by atoms with Crippen molar-refractivity contribution in [2.24, 2.45) is 13.0 Å². The molecule has 1 aromatic carbocycles. The number of aliphatic hydroxyl groups is 1. The van der Waals surface area contributed by atoms with Crippen LogP contribution < -0.4 is 0 Å². The highest BCUT2D eigenvalue weighted by molar-refractivity contribution is 5.81. The van der Waals surface area contributed by atoms with Crippen molar-refractivity contribution in [3.05, 3.63) is 59.0 Å². The fourth-order valence-electron chi connectivity index (χ4n) is 4.16. The minimum absolute atomic E-state index is 0.248. The zero-order chi connectivity index (χ0) is 18.3. The van der Waals surface area contributed by atoms with Gasteiger partial charge < -0.3 is 5.11 Å². The van der Waals surface area contributed by atoms with Crippen LogP contribution in [0.3, 0.4) is 0 Å². The second kappa shape index (κ2) is 6.82. The molecule has 0 saturated carbocycles. The van der Waals surface area contributed by atoms with Crippen LogP contribution in [0.15, 0.2) is 36.5 Å². The van der Waals surface area contributed by atoms with Crippen molar-refractivity contribution in [2.75, 3.05) is 13.1 Å². The van der Waals surface area contributed by atoms with E-state index in [0.717, 1.165) is 37.3 Å². The van der Waals surface area contributed by atoms with Gasteiger partial charge >= 0.3 is 0 Å². The van der Waals surface area contributed by atoms with Crippen LogP contribution in [0.1, 0.15) is 22.5 Å². The smallest absolute Gasteiger partial charge is 0.0710 e. The highest BCUT2D eigenvalue weighted by Gasteiger charge is 2.32. The summed E-state index contributed by atoms with van der Waals surface area (Å²) in [6, 6.07) is 10.3. The molecule has 0 radical (unpaired) electrons. The van der Waals surface area contributed by atoms with Gasteiger partial charge in [0.1, 0.15) is 0 Å². The Morgan fingerprint density at radius 3 is 2.73 bits per heavy atom. The summed E-state index contributed by atoms with van der Waals surface area (Å²) >= 11 is 0. The number of aromatic nitrogens is 3. The maximum atomic E-state index is 10.6. The van der Waals surface area contributed by atoms with E-state index in [4.69, 9.17) is 0 Å². The molecular formula is C21H26N4O. The van der Waals surface area contributed by atoms with Gasteiger partial charge in [0.05, 0.1) is 17.3 Å². The first kappa shape index (κ1) is 17.2. The van der Waals surface area contributed by atoms with E-state index < -0.39 is 0 Å². The number of fused-ring (bicyclic) bond motifs is 1. The number of aryl methyl sites for hydroxylation is 2. The van der Waals surface area contributed by atoms with Crippen molar-refractivity contribution in [1.29, 1.82) is 0 Å². The standard InChI is InChI=1S/C21H26N4O/c1-14-19(15(2)24(3)23-14)12-25-11-17(21(26)13-25)10-16-8-9-22-20-7-5-4-6-18(16)20/h4-9,17,21,26H,10-13H2,1-3H3. The highest BCUT2D eigenvalue weighted by Crippen LogP contribution is 2.27. The molecule has 1 aliphatic rings. The first-order valence-corrected chi connectivity index (χ1v) is 9.25. The minimum Gasteiger partial charge on any atom is -0.391 e. The SMILES string of the molecule is Cc1nn(C)c(C)c1CN1CC(O)C(Cc2ccnc3ccccc23)C1. The van der Waals surface area contributed by atoms with Crippen LogP contribution in [0.4, 0.5) is 0 Å². The molecule has 2 unspecified atom stereocenters. The lowest BCUT2D eigenvalue weighted by Gasteiger charge is -2.16. The van der Waals surface area contributed by atoms with E-state index in [2.05, 4.69) is 47.0 Å². The summed E-state index contributed by atoms with van der Waals surface area (Å²) in [5, 5.41) is 16.3. The third kappa shape index (κ3) is 3.13. The number of rotatable bonds is 4. The fraction of sp³-hybridized carbons (Fsp3) is 0.429. The van der Waals surface area contributed by atoms with Crippen LogP contribution in [0.2, 0.25) is 0 Å². The summed E-state index contributed by atoms with van der Waals surface area (Å²) in [4.78, 5) is 6.80. The molecule has 0 bridgehead atoms. The average Bonchev–Trinajstić information content (AvgIpc) is 3.09. The van der Waals surface area contributed by atoms with Gasteiger partial charge in [0.2, 0.25) is 0 Å². The van der Waals surface area contributed by atoms with Crippen LogP contribution >= 0.6 is 0 Å². The molecule has 136 valence electrons. The lowest BCUT2D eigenvalue weighted by atomic mass is 9.94. The van der Waals surface area contributed by atoms with Crippen molar-refractivity contribution in [2.45, 2.75) is 32.9 Å². The molecule has 4 rings (SSSR count). The molecule has 0 amide bonds. The van der Waals surface area contributed by atoms with Gasteiger partial charge in [0.15, 0.2) is 0 Å². The van der Waals surface area contributed by atoms with Gasteiger partial charge in [-0.3, -0.25) is 14.6 Å². The summed E-state index contributed by atoms with van der Waals surface area (Å²) < 4.78 is 1.94. The Labute approximate surface area is 154 Å². The second-order valence-corrected chi connectivity index (χ2v) is 7.49. The van der Waals surface area contributed by atoms with Gasteiger partial charge in [-0.2, -0.15) is 5.10 Å². The predicted octanol–water partition coefficient (Wildman–Crippen LogP) is 2.62. The number of aliphatic hydroxyl groups excluding tert-OH is 1. The first-order valence-electron chi connectivity index (χ1n) is 9.25.